The van der Waals surface area contributed by atoms with Gasteiger partial charge < -0.3 is 10.2 Å². The summed E-state index contributed by atoms with van der Waals surface area (Å²) < 4.78 is 0. The van der Waals surface area contributed by atoms with Crippen LogP contribution in [0, 0.1) is 0 Å². The number of carbonyl (C=O) groups is 1. The van der Waals surface area contributed by atoms with Crippen LogP contribution in [0.2, 0.25) is 10.2 Å². The number of hydrogen-bond donors (Lipinski definition) is 2. The first-order valence-corrected chi connectivity index (χ1v) is 5.62. The van der Waals surface area contributed by atoms with Gasteiger partial charge in [-0.2, -0.15) is 0 Å². The molecule has 0 radical (unpaired) electrons. The summed E-state index contributed by atoms with van der Waals surface area (Å²) in [6, 6.07) is 5.50. The monoisotopic (exact) mass is 283 g/mol. The number of carboxylic acids is 1. The number of phenols is 1. The van der Waals surface area contributed by atoms with Gasteiger partial charge in [0.05, 0.1) is 5.56 Å². The van der Waals surface area contributed by atoms with Crippen molar-refractivity contribution >= 4 is 29.2 Å². The van der Waals surface area contributed by atoms with Gasteiger partial charge in [-0.05, 0) is 24.3 Å². The van der Waals surface area contributed by atoms with E-state index in [0.29, 0.717) is 16.1 Å². The van der Waals surface area contributed by atoms with Crippen molar-refractivity contribution in [2.45, 2.75) is 0 Å². The zero-order chi connectivity index (χ0) is 13.3. The second-order valence-corrected chi connectivity index (χ2v) is 4.32. The molecular weight excluding hydrogens is 277 g/mol. The molecule has 92 valence electrons. The van der Waals surface area contributed by atoms with Gasteiger partial charge in [0.2, 0.25) is 0 Å². The maximum absolute atomic E-state index is 11.2. The number of rotatable bonds is 2. The van der Waals surface area contributed by atoms with Crippen LogP contribution >= 0.6 is 23.2 Å². The van der Waals surface area contributed by atoms with E-state index in [4.69, 9.17) is 28.3 Å². The molecule has 0 unspecified atom stereocenters. The van der Waals surface area contributed by atoms with E-state index in [9.17, 15) is 9.90 Å². The molecule has 0 fully saturated rings. The van der Waals surface area contributed by atoms with Gasteiger partial charge >= 0.3 is 5.97 Å². The molecule has 2 aromatic rings. The molecule has 1 aromatic heterocycles. The van der Waals surface area contributed by atoms with Crippen molar-refractivity contribution < 1.29 is 15.0 Å². The first kappa shape index (κ1) is 12.7. The van der Waals surface area contributed by atoms with E-state index in [1.807, 2.05) is 0 Å². The molecule has 0 amide bonds. The van der Waals surface area contributed by atoms with E-state index in [-0.39, 0.29) is 16.5 Å². The Bertz CT molecular complexity index is 629. The summed E-state index contributed by atoms with van der Waals surface area (Å²) in [6.07, 6.45) is 1.31. The fourth-order valence-electron chi connectivity index (χ4n) is 1.54. The minimum atomic E-state index is -1.14. The third-order valence-electron chi connectivity index (χ3n) is 2.34. The molecule has 4 nitrogen and oxygen atoms in total. The van der Waals surface area contributed by atoms with Crippen LogP contribution < -0.4 is 0 Å². The molecule has 0 spiro atoms. The number of hydrogen-bond acceptors (Lipinski definition) is 3. The first-order chi connectivity index (χ1) is 8.49. The van der Waals surface area contributed by atoms with Crippen molar-refractivity contribution in [3.05, 3.63) is 46.2 Å². The Morgan fingerprint density at radius 2 is 1.89 bits per heavy atom. The molecule has 18 heavy (non-hydrogen) atoms. The Labute approximate surface area is 112 Å². The number of halogens is 2. The predicted molar refractivity (Wildman–Crippen MR) is 68.3 cm³/mol. The maximum Gasteiger partial charge on any atom is 0.336 e. The Morgan fingerprint density at radius 3 is 2.56 bits per heavy atom. The van der Waals surface area contributed by atoms with E-state index >= 15 is 0 Å². The largest absolute Gasteiger partial charge is 0.508 e. The highest BCUT2D eigenvalue weighted by Crippen LogP contribution is 2.33. The molecule has 1 heterocycles. The number of carboxylic acid groups (broad SMARTS) is 1. The summed E-state index contributed by atoms with van der Waals surface area (Å²) in [5.41, 5.74) is 0.661. The SMILES string of the molecule is O=C(O)c1cc(Cl)ncc1-c1cc(O)ccc1Cl. The van der Waals surface area contributed by atoms with Crippen LogP contribution in [-0.4, -0.2) is 21.2 Å². The van der Waals surface area contributed by atoms with Crippen molar-refractivity contribution in [2.75, 3.05) is 0 Å². The Hall–Kier alpha value is -1.78. The van der Waals surface area contributed by atoms with Crippen LogP contribution in [0.25, 0.3) is 11.1 Å². The van der Waals surface area contributed by atoms with E-state index in [1.54, 1.807) is 0 Å². The fourth-order valence-corrected chi connectivity index (χ4v) is 1.92. The lowest BCUT2D eigenvalue weighted by atomic mass is 10.0. The molecular formula is C12H7Cl2NO3. The summed E-state index contributed by atoms with van der Waals surface area (Å²) in [4.78, 5) is 15.0. The van der Waals surface area contributed by atoms with E-state index in [0.717, 1.165) is 0 Å². The van der Waals surface area contributed by atoms with Crippen LogP contribution in [0.1, 0.15) is 10.4 Å². The number of aromatic hydroxyl groups is 1. The normalized spacial score (nSPS) is 10.3. The lowest BCUT2D eigenvalue weighted by Gasteiger charge is -2.08. The van der Waals surface area contributed by atoms with Crippen molar-refractivity contribution in [3.8, 4) is 16.9 Å². The van der Waals surface area contributed by atoms with E-state index in [1.165, 1.54) is 30.5 Å². The third-order valence-corrected chi connectivity index (χ3v) is 2.88. The third kappa shape index (κ3) is 2.39. The molecule has 2 N–H and O–H groups in total. The lowest BCUT2D eigenvalue weighted by Crippen LogP contribution is -2.00. The van der Waals surface area contributed by atoms with Gasteiger partial charge in [-0.3, -0.25) is 0 Å². The van der Waals surface area contributed by atoms with Crippen LogP contribution in [0.3, 0.4) is 0 Å². The highest BCUT2D eigenvalue weighted by molar-refractivity contribution is 6.33. The summed E-state index contributed by atoms with van der Waals surface area (Å²) >= 11 is 11.6. The van der Waals surface area contributed by atoms with Gasteiger partial charge in [-0.25, -0.2) is 9.78 Å². The van der Waals surface area contributed by atoms with Crippen molar-refractivity contribution in [3.63, 3.8) is 0 Å². The Kier molecular flexibility index (Phi) is 3.41. The van der Waals surface area contributed by atoms with Crippen molar-refractivity contribution in [1.82, 2.24) is 4.98 Å². The summed E-state index contributed by atoms with van der Waals surface area (Å²) in [5, 5.41) is 18.9. The van der Waals surface area contributed by atoms with Crippen LogP contribution in [0.5, 0.6) is 5.75 Å². The minimum Gasteiger partial charge on any atom is -0.508 e. The molecule has 0 atom stereocenters. The quantitative estimate of drug-likeness (QED) is 0.828. The smallest absolute Gasteiger partial charge is 0.336 e. The zero-order valence-corrected chi connectivity index (χ0v) is 10.4. The molecule has 0 aliphatic heterocycles. The highest BCUT2D eigenvalue weighted by atomic mass is 35.5. The standard InChI is InChI=1S/C12H7Cl2NO3/c13-10-2-1-6(16)3-7(10)9-5-15-11(14)4-8(9)12(17)18/h1-5,16H,(H,17,18). The summed E-state index contributed by atoms with van der Waals surface area (Å²) in [7, 11) is 0. The molecule has 0 aliphatic carbocycles. The second-order valence-electron chi connectivity index (χ2n) is 3.52. The lowest BCUT2D eigenvalue weighted by molar-refractivity contribution is 0.0697. The van der Waals surface area contributed by atoms with Crippen LogP contribution in [0.15, 0.2) is 30.5 Å². The topological polar surface area (TPSA) is 70.4 Å². The predicted octanol–water partition coefficient (Wildman–Crippen LogP) is 3.46. The van der Waals surface area contributed by atoms with Gasteiger partial charge in [0.15, 0.2) is 0 Å². The zero-order valence-electron chi connectivity index (χ0n) is 8.89. The van der Waals surface area contributed by atoms with Crippen LogP contribution in [0.4, 0.5) is 0 Å². The number of benzene rings is 1. The molecule has 2 rings (SSSR count). The molecule has 1 aromatic carbocycles. The maximum atomic E-state index is 11.2. The molecule has 0 saturated heterocycles. The number of nitrogens with zero attached hydrogens (tertiary/aromatic N) is 1. The molecule has 0 bridgehead atoms. The van der Waals surface area contributed by atoms with E-state index < -0.39 is 5.97 Å². The number of aromatic nitrogens is 1. The van der Waals surface area contributed by atoms with Gasteiger partial charge in [-0.1, -0.05) is 23.2 Å². The summed E-state index contributed by atoms with van der Waals surface area (Å²) in [6.45, 7) is 0. The average Bonchev–Trinajstić information content (AvgIpc) is 2.32. The second kappa shape index (κ2) is 4.84. The van der Waals surface area contributed by atoms with Gasteiger partial charge in [0, 0.05) is 22.3 Å². The molecule has 0 saturated carbocycles. The highest BCUT2D eigenvalue weighted by Gasteiger charge is 2.15. The first-order valence-electron chi connectivity index (χ1n) is 4.87. The van der Waals surface area contributed by atoms with Gasteiger partial charge in [-0.15, -0.1) is 0 Å². The average molecular weight is 284 g/mol. The van der Waals surface area contributed by atoms with Crippen molar-refractivity contribution in [1.29, 1.82) is 0 Å². The minimum absolute atomic E-state index is 0.0133. The molecule has 0 aliphatic rings. The number of pyridine rings is 1. The van der Waals surface area contributed by atoms with E-state index in [2.05, 4.69) is 4.98 Å². The number of aromatic carboxylic acids is 1. The van der Waals surface area contributed by atoms with Crippen LogP contribution in [-0.2, 0) is 0 Å². The number of phenolic OH excluding ortho intramolecular Hbond substituents is 1. The fraction of sp³-hybridized carbons (Fsp3) is 0. The summed E-state index contributed by atoms with van der Waals surface area (Å²) in [5.74, 6) is -1.16. The Balaban J connectivity index is 2.70. The Morgan fingerprint density at radius 1 is 1.17 bits per heavy atom. The van der Waals surface area contributed by atoms with Gasteiger partial charge in [0.1, 0.15) is 10.9 Å². The van der Waals surface area contributed by atoms with Crippen molar-refractivity contribution in [2.24, 2.45) is 0 Å². The van der Waals surface area contributed by atoms with Gasteiger partial charge in [0.25, 0.3) is 0 Å². The molecule has 6 heteroatoms.